The van der Waals surface area contributed by atoms with Gasteiger partial charge in [0.1, 0.15) is 0 Å². The molecule has 0 aromatic heterocycles. The predicted octanol–water partition coefficient (Wildman–Crippen LogP) is 2.71. The largest absolute Gasteiger partial charge is 0.310 e. The van der Waals surface area contributed by atoms with Crippen LogP contribution in [0.5, 0.6) is 0 Å². The van der Waals surface area contributed by atoms with E-state index in [0.29, 0.717) is 0 Å². The Labute approximate surface area is 130 Å². The molecule has 0 bridgehead atoms. The lowest BCUT2D eigenvalue weighted by Crippen LogP contribution is -2.32. The molecule has 0 spiro atoms. The van der Waals surface area contributed by atoms with Crippen LogP contribution in [0.2, 0.25) is 0 Å². The van der Waals surface area contributed by atoms with Gasteiger partial charge in [-0.2, -0.15) is 0 Å². The average Bonchev–Trinajstić information content (AvgIpc) is 3.27. The number of hydrogen-bond acceptors (Lipinski definition) is 3. The van der Waals surface area contributed by atoms with E-state index in [9.17, 15) is 0 Å². The second kappa shape index (κ2) is 8.52. The SMILES string of the molecule is CCCN(CCN(C)C)Cc1cccc(CNC2CC2)c1. The number of hydrogen-bond donors (Lipinski definition) is 1. The van der Waals surface area contributed by atoms with Crippen LogP contribution in [0.15, 0.2) is 24.3 Å². The van der Waals surface area contributed by atoms with Gasteiger partial charge in [-0.3, -0.25) is 4.90 Å². The summed E-state index contributed by atoms with van der Waals surface area (Å²) in [7, 11) is 4.29. The first kappa shape index (κ1) is 16.5. The van der Waals surface area contributed by atoms with Gasteiger partial charge in [-0.1, -0.05) is 31.2 Å². The summed E-state index contributed by atoms with van der Waals surface area (Å²) in [5.74, 6) is 0. The molecule has 0 heterocycles. The van der Waals surface area contributed by atoms with Crippen molar-refractivity contribution in [2.45, 2.75) is 45.3 Å². The quantitative estimate of drug-likeness (QED) is 0.714. The molecule has 1 N–H and O–H groups in total. The standard InChI is InChI=1S/C18H31N3/c1-4-10-21(12-11-20(2)3)15-17-7-5-6-16(13-17)14-19-18-8-9-18/h5-7,13,18-19H,4,8-12,14-15H2,1-3H3. The van der Waals surface area contributed by atoms with Gasteiger partial charge < -0.3 is 10.2 Å². The third kappa shape index (κ3) is 6.60. The molecular formula is C18H31N3. The maximum atomic E-state index is 3.60. The van der Waals surface area contributed by atoms with E-state index in [0.717, 1.165) is 32.2 Å². The Balaban J connectivity index is 1.86. The number of rotatable bonds is 10. The maximum absolute atomic E-state index is 3.60. The molecule has 2 rings (SSSR count). The lowest BCUT2D eigenvalue weighted by atomic mass is 10.1. The van der Waals surface area contributed by atoms with E-state index < -0.39 is 0 Å². The molecule has 0 unspecified atom stereocenters. The van der Waals surface area contributed by atoms with Gasteiger partial charge >= 0.3 is 0 Å². The normalized spacial score (nSPS) is 15.1. The van der Waals surface area contributed by atoms with Crippen molar-refractivity contribution < 1.29 is 0 Å². The van der Waals surface area contributed by atoms with E-state index in [1.54, 1.807) is 0 Å². The molecule has 118 valence electrons. The lowest BCUT2D eigenvalue weighted by Gasteiger charge is -2.24. The molecule has 3 heteroatoms. The van der Waals surface area contributed by atoms with Crippen LogP contribution >= 0.6 is 0 Å². The van der Waals surface area contributed by atoms with Crippen molar-refractivity contribution in [2.75, 3.05) is 33.7 Å². The zero-order chi connectivity index (χ0) is 15.1. The van der Waals surface area contributed by atoms with Crippen LogP contribution in [0, 0.1) is 0 Å². The summed E-state index contributed by atoms with van der Waals surface area (Å²) in [6.07, 6.45) is 3.93. The highest BCUT2D eigenvalue weighted by Gasteiger charge is 2.19. The molecule has 1 saturated carbocycles. The van der Waals surface area contributed by atoms with Crippen LogP contribution in [0.25, 0.3) is 0 Å². The third-order valence-electron chi connectivity index (χ3n) is 3.97. The number of likely N-dealkylation sites (N-methyl/N-ethyl adjacent to an activating group) is 1. The fraction of sp³-hybridized carbons (Fsp3) is 0.667. The molecule has 0 radical (unpaired) electrons. The molecular weight excluding hydrogens is 258 g/mol. The van der Waals surface area contributed by atoms with E-state index in [-0.39, 0.29) is 0 Å². The van der Waals surface area contributed by atoms with Gasteiger partial charge in [0.2, 0.25) is 0 Å². The third-order valence-corrected chi connectivity index (χ3v) is 3.97. The Morgan fingerprint density at radius 3 is 2.52 bits per heavy atom. The number of nitrogens with zero attached hydrogens (tertiary/aromatic N) is 2. The molecule has 1 fully saturated rings. The Bertz CT molecular complexity index is 413. The summed E-state index contributed by atoms with van der Waals surface area (Å²) in [4.78, 5) is 4.83. The van der Waals surface area contributed by atoms with Gasteiger partial charge in [-0.05, 0) is 51.0 Å². The fourth-order valence-corrected chi connectivity index (χ4v) is 2.57. The highest BCUT2D eigenvalue weighted by molar-refractivity contribution is 5.23. The van der Waals surface area contributed by atoms with Crippen LogP contribution in [0.3, 0.4) is 0 Å². The van der Waals surface area contributed by atoms with Gasteiger partial charge in [0.05, 0.1) is 0 Å². The Kier molecular flexibility index (Phi) is 6.68. The lowest BCUT2D eigenvalue weighted by molar-refractivity contribution is 0.234. The van der Waals surface area contributed by atoms with Crippen molar-refractivity contribution in [1.82, 2.24) is 15.1 Å². The van der Waals surface area contributed by atoms with Crippen molar-refractivity contribution in [3.05, 3.63) is 35.4 Å². The molecule has 21 heavy (non-hydrogen) atoms. The van der Waals surface area contributed by atoms with E-state index in [2.05, 4.69) is 60.4 Å². The molecule has 0 atom stereocenters. The van der Waals surface area contributed by atoms with Gasteiger partial charge in [-0.15, -0.1) is 0 Å². The Morgan fingerprint density at radius 1 is 1.10 bits per heavy atom. The first-order valence-electron chi connectivity index (χ1n) is 8.35. The average molecular weight is 289 g/mol. The minimum absolute atomic E-state index is 0.783. The van der Waals surface area contributed by atoms with E-state index >= 15 is 0 Å². The van der Waals surface area contributed by atoms with Crippen LogP contribution < -0.4 is 5.32 Å². The summed E-state index contributed by atoms with van der Waals surface area (Å²) in [5.41, 5.74) is 2.86. The van der Waals surface area contributed by atoms with Crippen molar-refractivity contribution >= 4 is 0 Å². The Hall–Kier alpha value is -0.900. The molecule has 1 aliphatic carbocycles. The summed E-state index contributed by atoms with van der Waals surface area (Å²) < 4.78 is 0. The molecule has 0 aliphatic heterocycles. The van der Waals surface area contributed by atoms with Gasteiger partial charge in [-0.25, -0.2) is 0 Å². The molecule has 0 amide bonds. The van der Waals surface area contributed by atoms with E-state index in [1.165, 1.54) is 36.9 Å². The molecule has 0 saturated heterocycles. The number of benzene rings is 1. The molecule has 1 aromatic carbocycles. The predicted molar refractivity (Wildman–Crippen MR) is 90.4 cm³/mol. The topological polar surface area (TPSA) is 18.5 Å². The number of nitrogens with one attached hydrogen (secondary N) is 1. The Morgan fingerprint density at radius 2 is 1.86 bits per heavy atom. The molecule has 1 aromatic rings. The summed E-state index contributed by atoms with van der Waals surface area (Å²) in [6.45, 7) is 7.80. The minimum Gasteiger partial charge on any atom is -0.310 e. The van der Waals surface area contributed by atoms with Crippen LogP contribution in [0.1, 0.15) is 37.3 Å². The van der Waals surface area contributed by atoms with Crippen LogP contribution in [-0.4, -0.2) is 49.6 Å². The monoisotopic (exact) mass is 289 g/mol. The first-order valence-corrected chi connectivity index (χ1v) is 8.35. The van der Waals surface area contributed by atoms with E-state index in [4.69, 9.17) is 0 Å². The van der Waals surface area contributed by atoms with Gasteiger partial charge in [0.25, 0.3) is 0 Å². The van der Waals surface area contributed by atoms with Crippen LogP contribution in [0.4, 0.5) is 0 Å². The van der Waals surface area contributed by atoms with Crippen molar-refractivity contribution in [3.63, 3.8) is 0 Å². The zero-order valence-electron chi connectivity index (χ0n) is 13.9. The van der Waals surface area contributed by atoms with Crippen molar-refractivity contribution in [2.24, 2.45) is 0 Å². The van der Waals surface area contributed by atoms with Crippen LogP contribution in [-0.2, 0) is 13.1 Å². The van der Waals surface area contributed by atoms with Crippen molar-refractivity contribution in [1.29, 1.82) is 0 Å². The second-order valence-corrected chi connectivity index (χ2v) is 6.55. The van der Waals surface area contributed by atoms with Gasteiger partial charge in [0.15, 0.2) is 0 Å². The minimum atomic E-state index is 0.783. The molecule has 3 nitrogen and oxygen atoms in total. The van der Waals surface area contributed by atoms with E-state index in [1.807, 2.05) is 0 Å². The first-order chi connectivity index (χ1) is 10.2. The molecule has 1 aliphatic rings. The highest BCUT2D eigenvalue weighted by atomic mass is 15.2. The second-order valence-electron chi connectivity index (χ2n) is 6.55. The summed E-state index contributed by atoms with van der Waals surface area (Å²) in [6, 6.07) is 9.86. The highest BCUT2D eigenvalue weighted by Crippen LogP contribution is 2.19. The maximum Gasteiger partial charge on any atom is 0.0234 e. The summed E-state index contributed by atoms with van der Waals surface area (Å²) >= 11 is 0. The van der Waals surface area contributed by atoms with Gasteiger partial charge in [0, 0.05) is 32.2 Å². The zero-order valence-corrected chi connectivity index (χ0v) is 13.9. The summed E-state index contributed by atoms with van der Waals surface area (Å²) in [5, 5.41) is 3.60. The van der Waals surface area contributed by atoms with Crippen molar-refractivity contribution in [3.8, 4) is 0 Å². The smallest absolute Gasteiger partial charge is 0.0234 e. The fourth-order valence-electron chi connectivity index (χ4n) is 2.57.